The monoisotopic (exact) mass is 228 g/mol. The lowest BCUT2D eigenvalue weighted by molar-refractivity contribution is -0.154. The standard InChI is InChI=1S/C11H13ClO3/c1-8(12)6-11(10(14)15-2)5-3-4-9(13)7-11/h3-4H,1,5-7H2,2H3. The number of ketones is 1. The number of esters is 1. The van der Waals surface area contributed by atoms with E-state index in [4.69, 9.17) is 16.3 Å². The third-order valence-electron chi connectivity index (χ3n) is 2.47. The zero-order valence-corrected chi connectivity index (χ0v) is 9.34. The van der Waals surface area contributed by atoms with Crippen molar-refractivity contribution in [1.82, 2.24) is 0 Å². The summed E-state index contributed by atoms with van der Waals surface area (Å²) in [5.74, 6) is -0.480. The van der Waals surface area contributed by atoms with Crippen LogP contribution in [0.25, 0.3) is 0 Å². The van der Waals surface area contributed by atoms with E-state index >= 15 is 0 Å². The first-order valence-electron chi connectivity index (χ1n) is 4.61. The van der Waals surface area contributed by atoms with Gasteiger partial charge in [-0.2, -0.15) is 0 Å². The molecule has 0 heterocycles. The summed E-state index contributed by atoms with van der Waals surface area (Å²) in [6, 6.07) is 0. The summed E-state index contributed by atoms with van der Waals surface area (Å²) in [5, 5.41) is 0.364. The number of hydrogen-bond donors (Lipinski definition) is 0. The lowest BCUT2D eigenvalue weighted by Crippen LogP contribution is -2.36. The Labute approximate surface area is 93.7 Å². The van der Waals surface area contributed by atoms with Crippen LogP contribution < -0.4 is 0 Å². The normalized spacial score (nSPS) is 25.1. The van der Waals surface area contributed by atoms with E-state index in [0.29, 0.717) is 11.5 Å². The Balaban J connectivity index is 2.96. The maximum Gasteiger partial charge on any atom is 0.312 e. The molecule has 0 saturated carbocycles. The fourth-order valence-corrected chi connectivity index (χ4v) is 2.08. The smallest absolute Gasteiger partial charge is 0.312 e. The average molecular weight is 229 g/mol. The average Bonchev–Trinajstić information content (AvgIpc) is 2.15. The molecule has 0 fully saturated rings. The van der Waals surface area contributed by atoms with E-state index in [1.807, 2.05) is 0 Å². The summed E-state index contributed by atoms with van der Waals surface area (Å²) in [7, 11) is 1.31. The fraction of sp³-hybridized carbons (Fsp3) is 0.455. The first-order valence-corrected chi connectivity index (χ1v) is 4.99. The highest BCUT2D eigenvalue weighted by Crippen LogP contribution is 2.39. The molecule has 1 rings (SSSR count). The maximum absolute atomic E-state index is 11.7. The first-order chi connectivity index (χ1) is 7.00. The van der Waals surface area contributed by atoms with E-state index in [2.05, 4.69) is 6.58 Å². The summed E-state index contributed by atoms with van der Waals surface area (Å²) in [6.07, 6.45) is 4.05. The van der Waals surface area contributed by atoms with Gasteiger partial charge >= 0.3 is 5.97 Å². The molecule has 0 radical (unpaired) electrons. The lowest BCUT2D eigenvalue weighted by atomic mass is 9.74. The molecule has 4 heteroatoms. The molecule has 0 N–H and O–H groups in total. The van der Waals surface area contributed by atoms with Gasteiger partial charge in [-0.15, -0.1) is 0 Å². The van der Waals surface area contributed by atoms with Crippen molar-refractivity contribution in [2.75, 3.05) is 7.11 Å². The van der Waals surface area contributed by atoms with E-state index < -0.39 is 11.4 Å². The predicted molar refractivity (Wildman–Crippen MR) is 57.4 cm³/mol. The van der Waals surface area contributed by atoms with Crippen molar-refractivity contribution in [3.05, 3.63) is 23.8 Å². The lowest BCUT2D eigenvalue weighted by Gasteiger charge is -2.30. The van der Waals surface area contributed by atoms with Crippen LogP contribution in [0.3, 0.4) is 0 Å². The van der Waals surface area contributed by atoms with Gasteiger partial charge in [0.2, 0.25) is 0 Å². The molecular weight excluding hydrogens is 216 g/mol. The highest BCUT2D eigenvalue weighted by atomic mass is 35.5. The minimum absolute atomic E-state index is 0.0791. The van der Waals surface area contributed by atoms with Crippen molar-refractivity contribution >= 4 is 23.4 Å². The Morgan fingerprint density at radius 1 is 1.73 bits per heavy atom. The zero-order chi connectivity index (χ0) is 11.5. The van der Waals surface area contributed by atoms with Crippen molar-refractivity contribution in [2.24, 2.45) is 5.41 Å². The second-order valence-electron chi connectivity index (χ2n) is 3.72. The molecule has 1 aliphatic rings. The Bertz CT molecular complexity index is 333. The number of carbonyl (C=O) groups excluding carboxylic acids is 2. The topological polar surface area (TPSA) is 43.4 Å². The van der Waals surface area contributed by atoms with Crippen LogP contribution in [0.2, 0.25) is 0 Å². The molecular formula is C11H13ClO3. The second kappa shape index (κ2) is 4.62. The maximum atomic E-state index is 11.7. The molecule has 0 aliphatic heterocycles. The summed E-state index contributed by atoms with van der Waals surface area (Å²) in [4.78, 5) is 23.0. The van der Waals surface area contributed by atoms with E-state index in [1.54, 1.807) is 6.08 Å². The SMILES string of the molecule is C=C(Cl)CC1(C(=O)OC)CC=CC(=O)C1. The molecule has 15 heavy (non-hydrogen) atoms. The Morgan fingerprint density at radius 2 is 2.40 bits per heavy atom. The van der Waals surface area contributed by atoms with Gasteiger partial charge in [-0.25, -0.2) is 0 Å². The number of methoxy groups -OCH3 is 1. The molecule has 0 bridgehead atoms. The number of hydrogen-bond acceptors (Lipinski definition) is 3. The number of rotatable bonds is 3. The molecule has 0 aromatic carbocycles. The van der Waals surface area contributed by atoms with Crippen molar-refractivity contribution in [2.45, 2.75) is 19.3 Å². The number of allylic oxidation sites excluding steroid dienone is 3. The molecule has 0 aromatic rings. The van der Waals surface area contributed by atoms with Crippen LogP contribution >= 0.6 is 11.6 Å². The van der Waals surface area contributed by atoms with Crippen LogP contribution in [-0.4, -0.2) is 18.9 Å². The minimum Gasteiger partial charge on any atom is -0.469 e. The third-order valence-corrected chi connectivity index (χ3v) is 2.61. The van der Waals surface area contributed by atoms with Gasteiger partial charge in [-0.1, -0.05) is 24.3 Å². The molecule has 3 nitrogen and oxygen atoms in total. The quantitative estimate of drug-likeness (QED) is 0.696. The van der Waals surface area contributed by atoms with Gasteiger partial charge in [0.05, 0.1) is 12.5 Å². The molecule has 0 saturated heterocycles. The largest absolute Gasteiger partial charge is 0.469 e. The highest BCUT2D eigenvalue weighted by Gasteiger charge is 2.42. The highest BCUT2D eigenvalue weighted by molar-refractivity contribution is 6.29. The zero-order valence-electron chi connectivity index (χ0n) is 8.59. The predicted octanol–water partition coefficient (Wildman–Crippen LogP) is 2.21. The first kappa shape index (κ1) is 12.0. The Hall–Kier alpha value is -1.09. The molecule has 1 unspecified atom stereocenters. The van der Waals surface area contributed by atoms with Gasteiger partial charge in [-0.05, 0) is 18.9 Å². The molecule has 0 spiro atoms. The second-order valence-corrected chi connectivity index (χ2v) is 4.25. The molecule has 0 aromatic heterocycles. The van der Waals surface area contributed by atoms with E-state index in [1.165, 1.54) is 13.2 Å². The summed E-state index contributed by atoms with van der Waals surface area (Å²) < 4.78 is 4.72. The van der Waals surface area contributed by atoms with Crippen LogP contribution in [0.4, 0.5) is 0 Å². The molecule has 1 atom stereocenters. The van der Waals surface area contributed by atoms with Crippen LogP contribution in [0.1, 0.15) is 19.3 Å². The summed E-state index contributed by atoms with van der Waals surface area (Å²) in [6.45, 7) is 3.56. The van der Waals surface area contributed by atoms with E-state index in [9.17, 15) is 9.59 Å². The van der Waals surface area contributed by atoms with E-state index in [-0.39, 0.29) is 18.6 Å². The van der Waals surface area contributed by atoms with Crippen molar-refractivity contribution < 1.29 is 14.3 Å². The fourth-order valence-electron chi connectivity index (χ4n) is 1.83. The van der Waals surface area contributed by atoms with Crippen LogP contribution in [-0.2, 0) is 14.3 Å². The van der Waals surface area contributed by atoms with Crippen LogP contribution in [0.15, 0.2) is 23.8 Å². The minimum atomic E-state index is -0.848. The van der Waals surface area contributed by atoms with Gasteiger partial charge in [0.25, 0.3) is 0 Å². The van der Waals surface area contributed by atoms with Crippen molar-refractivity contribution in [1.29, 1.82) is 0 Å². The van der Waals surface area contributed by atoms with Gasteiger partial charge < -0.3 is 4.74 Å². The van der Waals surface area contributed by atoms with Crippen LogP contribution in [0.5, 0.6) is 0 Å². The van der Waals surface area contributed by atoms with Gasteiger partial charge in [-0.3, -0.25) is 9.59 Å². The molecule has 82 valence electrons. The van der Waals surface area contributed by atoms with Crippen molar-refractivity contribution in [3.63, 3.8) is 0 Å². The molecule has 1 aliphatic carbocycles. The number of halogens is 1. The van der Waals surface area contributed by atoms with Gasteiger partial charge in [0.15, 0.2) is 5.78 Å². The number of ether oxygens (including phenoxy) is 1. The summed E-state index contributed by atoms with van der Waals surface area (Å²) >= 11 is 5.71. The van der Waals surface area contributed by atoms with Gasteiger partial charge in [0.1, 0.15) is 0 Å². The van der Waals surface area contributed by atoms with Crippen molar-refractivity contribution in [3.8, 4) is 0 Å². The van der Waals surface area contributed by atoms with Crippen LogP contribution in [0, 0.1) is 5.41 Å². The van der Waals surface area contributed by atoms with Gasteiger partial charge in [0, 0.05) is 11.5 Å². The molecule has 0 amide bonds. The Morgan fingerprint density at radius 3 is 2.87 bits per heavy atom. The Kier molecular flexibility index (Phi) is 3.69. The van der Waals surface area contributed by atoms with E-state index in [0.717, 1.165) is 0 Å². The summed E-state index contributed by atoms with van der Waals surface area (Å²) in [5.41, 5.74) is -0.848. The number of carbonyl (C=O) groups is 2. The third kappa shape index (κ3) is 2.69.